The smallest absolute Gasteiger partial charge is 0.251 e. The zero-order chi connectivity index (χ0) is 17.6. The number of benzene rings is 2. The van der Waals surface area contributed by atoms with Crippen LogP contribution in [-0.4, -0.2) is 56.5 Å². The number of carbonyl (C=O) groups is 1. The van der Waals surface area contributed by atoms with Gasteiger partial charge in [0.2, 0.25) is 0 Å². The van der Waals surface area contributed by atoms with Crippen molar-refractivity contribution in [1.29, 1.82) is 0 Å². The number of nitrogens with zero attached hydrogens (tertiary/aromatic N) is 1. The number of rotatable bonds is 5. The third kappa shape index (κ3) is 4.84. The average molecular weight is 356 g/mol. The van der Waals surface area contributed by atoms with E-state index in [-0.39, 0.29) is 12.0 Å². The lowest BCUT2D eigenvalue weighted by Gasteiger charge is -2.30. The SMILES string of the molecule is CSc1ccc(-c2cccc(C(=O)NCC3CN(C)CCO3)c2)cc1. The molecule has 1 N–H and O–H groups in total. The minimum atomic E-state index is -0.0561. The van der Waals surface area contributed by atoms with Gasteiger partial charge in [-0.2, -0.15) is 0 Å². The van der Waals surface area contributed by atoms with Gasteiger partial charge < -0.3 is 15.0 Å². The van der Waals surface area contributed by atoms with E-state index in [1.165, 1.54) is 4.90 Å². The number of likely N-dealkylation sites (N-methyl/N-ethyl adjacent to an activating group) is 1. The standard InChI is InChI=1S/C20H24N2O2S/c1-22-10-11-24-18(14-22)13-21-20(23)17-5-3-4-16(12-17)15-6-8-19(25-2)9-7-15/h3-9,12,18H,10-11,13-14H2,1-2H3,(H,21,23). The third-order valence-electron chi connectivity index (χ3n) is 4.38. The van der Waals surface area contributed by atoms with Crippen LogP contribution in [0, 0.1) is 0 Å². The molecule has 0 bridgehead atoms. The molecular weight excluding hydrogens is 332 g/mol. The summed E-state index contributed by atoms with van der Waals surface area (Å²) in [5.41, 5.74) is 2.84. The maximum absolute atomic E-state index is 12.5. The Labute approximate surface area is 153 Å². The summed E-state index contributed by atoms with van der Waals surface area (Å²) < 4.78 is 5.69. The molecule has 1 fully saturated rings. The van der Waals surface area contributed by atoms with Gasteiger partial charge in [-0.1, -0.05) is 24.3 Å². The maximum Gasteiger partial charge on any atom is 0.251 e. The fraction of sp³-hybridized carbons (Fsp3) is 0.350. The van der Waals surface area contributed by atoms with Crippen molar-refractivity contribution in [2.45, 2.75) is 11.0 Å². The monoisotopic (exact) mass is 356 g/mol. The Bertz CT molecular complexity index is 718. The second kappa shape index (κ2) is 8.52. The van der Waals surface area contributed by atoms with Crippen molar-refractivity contribution in [3.8, 4) is 11.1 Å². The summed E-state index contributed by atoms with van der Waals surface area (Å²) in [6.07, 6.45) is 2.12. The van der Waals surface area contributed by atoms with Gasteiger partial charge in [0.15, 0.2) is 0 Å². The minimum Gasteiger partial charge on any atom is -0.374 e. The summed E-state index contributed by atoms with van der Waals surface area (Å²) in [5.74, 6) is -0.0561. The van der Waals surface area contributed by atoms with Crippen LogP contribution >= 0.6 is 11.8 Å². The van der Waals surface area contributed by atoms with E-state index in [2.05, 4.69) is 47.8 Å². The van der Waals surface area contributed by atoms with Crippen LogP contribution in [0.5, 0.6) is 0 Å². The van der Waals surface area contributed by atoms with Gasteiger partial charge in [-0.15, -0.1) is 11.8 Å². The topological polar surface area (TPSA) is 41.6 Å². The van der Waals surface area contributed by atoms with Gasteiger partial charge in [0.05, 0.1) is 12.7 Å². The molecule has 1 unspecified atom stereocenters. The number of amides is 1. The quantitative estimate of drug-likeness (QED) is 0.836. The number of nitrogens with one attached hydrogen (secondary N) is 1. The summed E-state index contributed by atoms with van der Waals surface area (Å²) in [4.78, 5) is 15.9. The van der Waals surface area contributed by atoms with E-state index in [4.69, 9.17) is 4.74 Å². The molecule has 1 amide bonds. The number of carbonyl (C=O) groups excluding carboxylic acids is 1. The van der Waals surface area contributed by atoms with E-state index in [0.717, 1.165) is 30.8 Å². The molecule has 1 aliphatic heterocycles. The van der Waals surface area contributed by atoms with Crippen molar-refractivity contribution in [2.75, 3.05) is 39.5 Å². The van der Waals surface area contributed by atoms with Gasteiger partial charge in [0.25, 0.3) is 5.91 Å². The van der Waals surface area contributed by atoms with Crippen LogP contribution in [-0.2, 0) is 4.74 Å². The van der Waals surface area contributed by atoms with Gasteiger partial charge in [-0.05, 0) is 48.7 Å². The minimum absolute atomic E-state index is 0.0561. The van der Waals surface area contributed by atoms with Crippen LogP contribution in [0.4, 0.5) is 0 Å². The number of morpholine rings is 1. The Hall–Kier alpha value is -1.82. The molecule has 0 radical (unpaired) electrons. The average Bonchev–Trinajstić information content (AvgIpc) is 2.66. The van der Waals surface area contributed by atoms with Crippen molar-refractivity contribution < 1.29 is 9.53 Å². The van der Waals surface area contributed by atoms with Gasteiger partial charge in [0.1, 0.15) is 0 Å². The molecule has 1 heterocycles. The van der Waals surface area contributed by atoms with Crippen molar-refractivity contribution in [1.82, 2.24) is 10.2 Å². The molecule has 0 spiro atoms. The van der Waals surface area contributed by atoms with Gasteiger partial charge >= 0.3 is 0 Å². The Morgan fingerprint density at radius 2 is 2.04 bits per heavy atom. The highest BCUT2D eigenvalue weighted by Crippen LogP contribution is 2.23. The van der Waals surface area contributed by atoms with Crippen LogP contribution < -0.4 is 5.32 Å². The summed E-state index contributed by atoms with van der Waals surface area (Å²) in [6.45, 7) is 3.05. The summed E-state index contributed by atoms with van der Waals surface area (Å²) >= 11 is 1.72. The number of hydrogen-bond donors (Lipinski definition) is 1. The van der Waals surface area contributed by atoms with Crippen molar-refractivity contribution in [3.05, 3.63) is 54.1 Å². The molecule has 1 aliphatic rings. The lowest BCUT2D eigenvalue weighted by Crippen LogP contribution is -2.45. The van der Waals surface area contributed by atoms with Crippen LogP contribution in [0.15, 0.2) is 53.4 Å². The van der Waals surface area contributed by atoms with Crippen LogP contribution in [0.25, 0.3) is 11.1 Å². The molecule has 1 saturated heterocycles. The van der Waals surface area contributed by atoms with Crippen LogP contribution in [0.2, 0.25) is 0 Å². The molecule has 5 heteroatoms. The largest absolute Gasteiger partial charge is 0.374 e. The van der Waals surface area contributed by atoms with E-state index >= 15 is 0 Å². The second-order valence-electron chi connectivity index (χ2n) is 6.27. The molecule has 25 heavy (non-hydrogen) atoms. The number of ether oxygens (including phenoxy) is 1. The van der Waals surface area contributed by atoms with E-state index < -0.39 is 0 Å². The predicted molar refractivity (Wildman–Crippen MR) is 103 cm³/mol. The predicted octanol–water partition coefficient (Wildman–Crippen LogP) is 3.14. The Kier molecular flexibility index (Phi) is 6.13. The zero-order valence-corrected chi connectivity index (χ0v) is 15.5. The normalized spacial score (nSPS) is 18.1. The molecule has 3 rings (SSSR count). The van der Waals surface area contributed by atoms with Gasteiger partial charge in [-0.25, -0.2) is 0 Å². The first-order valence-corrected chi connectivity index (χ1v) is 9.71. The molecule has 2 aromatic rings. The van der Waals surface area contributed by atoms with Crippen LogP contribution in [0.1, 0.15) is 10.4 Å². The fourth-order valence-corrected chi connectivity index (χ4v) is 3.33. The number of thioether (sulfide) groups is 1. The lowest BCUT2D eigenvalue weighted by molar-refractivity contribution is -0.0175. The lowest BCUT2D eigenvalue weighted by atomic mass is 10.0. The van der Waals surface area contributed by atoms with E-state index in [1.807, 2.05) is 24.3 Å². The molecule has 1 atom stereocenters. The highest BCUT2D eigenvalue weighted by atomic mass is 32.2. The first-order valence-electron chi connectivity index (χ1n) is 8.48. The van der Waals surface area contributed by atoms with Crippen molar-refractivity contribution in [3.63, 3.8) is 0 Å². The fourth-order valence-electron chi connectivity index (χ4n) is 2.92. The Morgan fingerprint density at radius 3 is 2.76 bits per heavy atom. The van der Waals surface area contributed by atoms with Gasteiger partial charge in [0, 0.05) is 30.1 Å². The van der Waals surface area contributed by atoms with Gasteiger partial charge in [-0.3, -0.25) is 4.79 Å². The zero-order valence-electron chi connectivity index (χ0n) is 14.7. The van der Waals surface area contributed by atoms with Crippen molar-refractivity contribution in [2.24, 2.45) is 0 Å². The highest BCUT2D eigenvalue weighted by Gasteiger charge is 2.18. The molecule has 4 nitrogen and oxygen atoms in total. The molecular formula is C20H24N2O2S. The molecule has 0 aromatic heterocycles. The molecule has 2 aromatic carbocycles. The van der Waals surface area contributed by atoms with E-state index in [1.54, 1.807) is 11.8 Å². The Morgan fingerprint density at radius 1 is 1.24 bits per heavy atom. The molecule has 0 saturated carbocycles. The molecule has 0 aliphatic carbocycles. The first-order chi connectivity index (χ1) is 12.2. The second-order valence-corrected chi connectivity index (χ2v) is 7.15. The van der Waals surface area contributed by atoms with Crippen LogP contribution in [0.3, 0.4) is 0 Å². The third-order valence-corrected chi connectivity index (χ3v) is 5.12. The van der Waals surface area contributed by atoms with Crippen molar-refractivity contribution >= 4 is 17.7 Å². The summed E-state index contributed by atoms with van der Waals surface area (Å²) in [6, 6.07) is 16.1. The molecule has 132 valence electrons. The number of hydrogen-bond acceptors (Lipinski definition) is 4. The summed E-state index contributed by atoms with van der Waals surface area (Å²) in [7, 11) is 2.07. The highest BCUT2D eigenvalue weighted by molar-refractivity contribution is 7.98. The Balaban J connectivity index is 1.64. The first kappa shape index (κ1) is 18.0. The van der Waals surface area contributed by atoms with E-state index in [9.17, 15) is 4.79 Å². The maximum atomic E-state index is 12.5. The van der Waals surface area contributed by atoms with E-state index in [0.29, 0.717) is 12.1 Å². The summed E-state index contributed by atoms with van der Waals surface area (Å²) in [5, 5.41) is 2.99.